The Morgan fingerprint density at radius 2 is 2.11 bits per heavy atom. The highest BCUT2D eigenvalue weighted by atomic mass is 16.4. The summed E-state index contributed by atoms with van der Waals surface area (Å²) >= 11 is 0. The fourth-order valence-electron chi connectivity index (χ4n) is 3.43. The Labute approximate surface area is 108 Å². The molecule has 0 unspecified atom stereocenters. The molecule has 0 bridgehead atoms. The molecule has 3 nitrogen and oxygen atoms in total. The van der Waals surface area contributed by atoms with Crippen LogP contribution in [0.1, 0.15) is 33.6 Å². The highest BCUT2D eigenvalue weighted by Crippen LogP contribution is 2.45. The van der Waals surface area contributed by atoms with Crippen LogP contribution in [0.2, 0.25) is 0 Å². The van der Waals surface area contributed by atoms with Gasteiger partial charge in [0, 0.05) is 0 Å². The second kappa shape index (κ2) is 4.88. The van der Waals surface area contributed by atoms with Crippen molar-refractivity contribution in [2.45, 2.75) is 39.7 Å². The summed E-state index contributed by atoms with van der Waals surface area (Å²) in [6.07, 6.45) is 4.83. The Morgan fingerprint density at radius 3 is 2.67 bits per heavy atom. The molecule has 0 aromatic heterocycles. The summed E-state index contributed by atoms with van der Waals surface area (Å²) in [6, 6.07) is 0. The van der Waals surface area contributed by atoms with Crippen molar-refractivity contribution < 1.29 is 15.0 Å². The van der Waals surface area contributed by atoms with Crippen LogP contribution >= 0.6 is 0 Å². The molecule has 2 rings (SSSR count). The summed E-state index contributed by atoms with van der Waals surface area (Å²) in [5.41, 5.74) is 1.49. The third kappa shape index (κ3) is 2.24. The molecule has 18 heavy (non-hydrogen) atoms. The zero-order valence-electron chi connectivity index (χ0n) is 11.3. The van der Waals surface area contributed by atoms with Crippen molar-refractivity contribution in [3.05, 3.63) is 23.3 Å². The lowest BCUT2D eigenvalue weighted by Crippen LogP contribution is -2.37. The van der Waals surface area contributed by atoms with Crippen LogP contribution in [0, 0.1) is 23.7 Å². The van der Waals surface area contributed by atoms with Gasteiger partial charge in [0.05, 0.1) is 11.7 Å². The molecule has 0 aromatic carbocycles. The lowest BCUT2D eigenvalue weighted by molar-refractivity contribution is -0.134. The van der Waals surface area contributed by atoms with E-state index in [1.807, 2.05) is 6.08 Å². The van der Waals surface area contributed by atoms with Crippen molar-refractivity contribution >= 4 is 5.97 Å². The number of hydrogen-bond donors (Lipinski definition) is 2. The number of fused-ring (bicyclic) bond motifs is 1. The molecule has 0 aliphatic heterocycles. The van der Waals surface area contributed by atoms with Gasteiger partial charge in [-0.3, -0.25) is 0 Å². The summed E-state index contributed by atoms with van der Waals surface area (Å²) in [5, 5.41) is 19.1. The number of hydrogen-bond acceptors (Lipinski definition) is 2. The van der Waals surface area contributed by atoms with Crippen LogP contribution in [-0.4, -0.2) is 22.3 Å². The molecule has 3 heteroatoms. The van der Waals surface area contributed by atoms with Crippen LogP contribution in [0.3, 0.4) is 0 Å². The first-order valence-corrected chi connectivity index (χ1v) is 6.71. The van der Waals surface area contributed by atoms with Crippen LogP contribution in [-0.2, 0) is 4.79 Å². The van der Waals surface area contributed by atoms with Crippen LogP contribution in [0.5, 0.6) is 0 Å². The highest BCUT2D eigenvalue weighted by molar-refractivity contribution is 5.88. The fraction of sp³-hybridized carbons (Fsp3) is 0.667. The maximum absolute atomic E-state index is 11.2. The number of carbonyl (C=O) groups is 1. The van der Waals surface area contributed by atoms with Gasteiger partial charge >= 0.3 is 5.97 Å². The molecular formula is C15H22O3. The zero-order valence-corrected chi connectivity index (χ0v) is 11.3. The maximum atomic E-state index is 11.2. The standard InChI is InChI=1S/C15H22O3/c1-8(2)10-5-4-9(3)11-7-14(16)13(15(17)18)6-12(10)11/h4,6,8,10-12,14,16H,5,7H2,1-3H3,(H,17,18)/t10-,11-,12+,14-/m0/s1. The van der Waals surface area contributed by atoms with Gasteiger partial charge in [-0.15, -0.1) is 0 Å². The van der Waals surface area contributed by atoms with Crippen LogP contribution in [0.15, 0.2) is 23.3 Å². The van der Waals surface area contributed by atoms with Crippen molar-refractivity contribution in [3.63, 3.8) is 0 Å². The van der Waals surface area contributed by atoms with Crippen LogP contribution < -0.4 is 0 Å². The van der Waals surface area contributed by atoms with Gasteiger partial charge in [0.25, 0.3) is 0 Å². The number of aliphatic hydroxyl groups is 1. The van der Waals surface area contributed by atoms with Crippen LogP contribution in [0.25, 0.3) is 0 Å². The van der Waals surface area contributed by atoms with Gasteiger partial charge in [-0.25, -0.2) is 4.79 Å². The number of aliphatic hydroxyl groups excluding tert-OH is 1. The Kier molecular flexibility index (Phi) is 3.62. The smallest absolute Gasteiger partial charge is 0.333 e. The summed E-state index contributed by atoms with van der Waals surface area (Å²) in [7, 11) is 0. The van der Waals surface area contributed by atoms with Crippen molar-refractivity contribution in [1.82, 2.24) is 0 Å². The Bertz CT molecular complexity index is 406. The second-order valence-electron chi connectivity index (χ2n) is 5.95. The van der Waals surface area contributed by atoms with Crippen molar-refractivity contribution in [2.75, 3.05) is 0 Å². The van der Waals surface area contributed by atoms with Gasteiger partial charge in [0.1, 0.15) is 0 Å². The monoisotopic (exact) mass is 250 g/mol. The molecule has 0 saturated heterocycles. The van der Waals surface area contributed by atoms with Crippen molar-refractivity contribution in [3.8, 4) is 0 Å². The molecule has 0 aromatic rings. The van der Waals surface area contributed by atoms with Gasteiger partial charge in [-0.05, 0) is 43.4 Å². The molecule has 0 heterocycles. The van der Waals surface area contributed by atoms with E-state index >= 15 is 0 Å². The molecule has 100 valence electrons. The number of rotatable bonds is 2. The predicted octanol–water partition coefficient (Wildman–Crippen LogP) is 2.62. The molecular weight excluding hydrogens is 228 g/mol. The quantitative estimate of drug-likeness (QED) is 0.741. The molecule has 0 saturated carbocycles. The van der Waals surface area contributed by atoms with Gasteiger partial charge < -0.3 is 10.2 Å². The number of carboxylic acids is 1. The van der Waals surface area contributed by atoms with Crippen LogP contribution in [0.4, 0.5) is 0 Å². The summed E-state index contributed by atoms with van der Waals surface area (Å²) in [5.74, 6) is 0.619. The normalized spacial score (nSPS) is 35.8. The molecule has 4 atom stereocenters. The lowest BCUT2D eigenvalue weighted by Gasteiger charge is -2.42. The van der Waals surface area contributed by atoms with E-state index in [1.54, 1.807) is 0 Å². The minimum absolute atomic E-state index is 0.191. The minimum atomic E-state index is -0.976. The molecule has 0 radical (unpaired) electrons. The third-order valence-electron chi connectivity index (χ3n) is 4.57. The van der Waals surface area contributed by atoms with E-state index in [0.717, 1.165) is 6.42 Å². The minimum Gasteiger partial charge on any atom is -0.478 e. The molecule has 2 N–H and O–H groups in total. The van der Waals surface area contributed by atoms with Gasteiger partial charge in [0.15, 0.2) is 0 Å². The maximum Gasteiger partial charge on any atom is 0.333 e. The summed E-state index contributed by atoms with van der Waals surface area (Å²) in [4.78, 5) is 11.2. The molecule has 0 spiro atoms. The average Bonchev–Trinajstić information content (AvgIpc) is 2.28. The first-order chi connectivity index (χ1) is 8.41. The second-order valence-corrected chi connectivity index (χ2v) is 5.95. The van der Waals surface area contributed by atoms with E-state index in [0.29, 0.717) is 24.2 Å². The SMILES string of the molecule is CC1=CC[C@@H](C(C)C)[C@H]2C=C(C(=O)O)[C@@H](O)C[C@@H]12. The van der Waals surface area contributed by atoms with E-state index in [2.05, 4.69) is 26.8 Å². The summed E-state index contributed by atoms with van der Waals surface area (Å²) in [6.45, 7) is 6.48. The molecule has 2 aliphatic carbocycles. The molecule has 0 amide bonds. The fourth-order valence-corrected chi connectivity index (χ4v) is 3.43. The number of aliphatic carboxylic acids is 1. The van der Waals surface area contributed by atoms with E-state index in [1.165, 1.54) is 5.57 Å². The third-order valence-corrected chi connectivity index (χ3v) is 4.57. The first kappa shape index (κ1) is 13.3. The first-order valence-electron chi connectivity index (χ1n) is 6.71. The molecule has 2 aliphatic rings. The van der Waals surface area contributed by atoms with E-state index in [4.69, 9.17) is 5.11 Å². The van der Waals surface area contributed by atoms with E-state index in [-0.39, 0.29) is 11.5 Å². The molecule has 0 fully saturated rings. The highest BCUT2D eigenvalue weighted by Gasteiger charge is 2.40. The van der Waals surface area contributed by atoms with Crippen molar-refractivity contribution in [1.29, 1.82) is 0 Å². The van der Waals surface area contributed by atoms with Gasteiger partial charge in [0.2, 0.25) is 0 Å². The van der Waals surface area contributed by atoms with Gasteiger partial charge in [-0.2, -0.15) is 0 Å². The summed E-state index contributed by atoms with van der Waals surface area (Å²) < 4.78 is 0. The Hall–Kier alpha value is -1.09. The Morgan fingerprint density at radius 1 is 1.44 bits per heavy atom. The zero-order chi connectivity index (χ0) is 13.4. The largest absolute Gasteiger partial charge is 0.478 e. The lowest BCUT2D eigenvalue weighted by atomic mass is 9.63. The average molecular weight is 250 g/mol. The number of carboxylic acid groups (broad SMARTS) is 1. The topological polar surface area (TPSA) is 57.5 Å². The van der Waals surface area contributed by atoms with Crippen molar-refractivity contribution in [2.24, 2.45) is 23.7 Å². The van der Waals surface area contributed by atoms with E-state index < -0.39 is 12.1 Å². The van der Waals surface area contributed by atoms with Gasteiger partial charge in [-0.1, -0.05) is 31.6 Å². The van der Waals surface area contributed by atoms with E-state index in [9.17, 15) is 9.90 Å². The number of allylic oxidation sites excluding steroid dienone is 3. The predicted molar refractivity (Wildman–Crippen MR) is 70.0 cm³/mol. The Balaban J connectivity index is 2.38.